The lowest BCUT2D eigenvalue weighted by atomic mass is 10.1. The van der Waals surface area contributed by atoms with E-state index < -0.39 is 5.97 Å². The van der Waals surface area contributed by atoms with Gasteiger partial charge in [-0.3, -0.25) is 9.59 Å². The van der Waals surface area contributed by atoms with Gasteiger partial charge < -0.3 is 15.3 Å². The number of aromatic carboxylic acids is 1. The number of nitrogens with zero attached hydrogens (tertiary/aromatic N) is 1. The summed E-state index contributed by atoms with van der Waals surface area (Å²) in [6.07, 6.45) is 2.29. The number of anilines is 1. The van der Waals surface area contributed by atoms with Crippen LogP contribution in [-0.2, 0) is 9.59 Å². The van der Waals surface area contributed by atoms with Crippen molar-refractivity contribution in [1.82, 2.24) is 4.90 Å². The van der Waals surface area contributed by atoms with Crippen molar-refractivity contribution in [2.45, 2.75) is 25.3 Å². The number of amides is 2. The van der Waals surface area contributed by atoms with Gasteiger partial charge in [-0.1, -0.05) is 6.07 Å². The van der Waals surface area contributed by atoms with E-state index in [1.165, 1.54) is 12.1 Å². The minimum absolute atomic E-state index is 0.0388. The molecule has 2 fully saturated rings. The molecule has 1 atom stereocenters. The molecule has 0 spiro atoms. The summed E-state index contributed by atoms with van der Waals surface area (Å²) in [7, 11) is 0. The number of carbonyl (C=O) groups is 3. The summed E-state index contributed by atoms with van der Waals surface area (Å²) >= 11 is 0. The Morgan fingerprint density at radius 2 is 2.05 bits per heavy atom. The van der Waals surface area contributed by atoms with Gasteiger partial charge in [0.1, 0.15) is 0 Å². The van der Waals surface area contributed by atoms with Crippen LogP contribution in [-0.4, -0.2) is 40.4 Å². The lowest BCUT2D eigenvalue weighted by Gasteiger charge is -2.15. The number of rotatable bonds is 4. The first-order chi connectivity index (χ1) is 10.0. The van der Waals surface area contributed by atoms with Gasteiger partial charge in [0.2, 0.25) is 11.8 Å². The maximum atomic E-state index is 12.2. The molecular weight excluding hydrogens is 272 g/mol. The Bertz CT molecular complexity index is 609. The quantitative estimate of drug-likeness (QED) is 0.875. The molecule has 6 heteroatoms. The highest BCUT2D eigenvalue weighted by Crippen LogP contribution is 2.32. The van der Waals surface area contributed by atoms with Gasteiger partial charge in [-0.25, -0.2) is 4.79 Å². The van der Waals surface area contributed by atoms with Crippen LogP contribution in [0.2, 0.25) is 0 Å². The van der Waals surface area contributed by atoms with E-state index in [1.807, 2.05) is 0 Å². The Morgan fingerprint density at radius 1 is 1.29 bits per heavy atom. The molecule has 0 aromatic heterocycles. The Kier molecular flexibility index (Phi) is 3.37. The van der Waals surface area contributed by atoms with E-state index in [9.17, 15) is 14.4 Å². The molecule has 110 valence electrons. The number of carboxylic acid groups (broad SMARTS) is 1. The van der Waals surface area contributed by atoms with Crippen molar-refractivity contribution >= 4 is 23.5 Å². The number of nitrogens with one attached hydrogen (secondary N) is 1. The molecule has 1 aromatic rings. The molecule has 1 aliphatic carbocycles. The van der Waals surface area contributed by atoms with E-state index >= 15 is 0 Å². The molecule has 2 aliphatic rings. The van der Waals surface area contributed by atoms with Crippen LogP contribution < -0.4 is 5.32 Å². The number of benzene rings is 1. The van der Waals surface area contributed by atoms with Gasteiger partial charge in [0.15, 0.2) is 0 Å². The Labute approximate surface area is 121 Å². The highest BCUT2D eigenvalue weighted by atomic mass is 16.4. The maximum absolute atomic E-state index is 12.2. The summed E-state index contributed by atoms with van der Waals surface area (Å²) in [5.41, 5.74) is 0.562. The summed E-state index contributed by atoms with van der Waals surface area (Å²) in [5, 5.41) is 11.6. The normalized spacial score (nSPS) is 21.4. The SMILES string of the molecule is O=C(O)c1cccc(NC(=O)C2CC(=O)N(C3CC3)C2)c1. The zero-order valence-electron chi connectivity index (χ0n) is 11.4. The lowest BCUT2D eigenvalue weighted by molar-refractivity contribution is -0.128. The smallest absolute Gasteiger partial charge is 0.335 e. The number of carboxylic acids is 1. The first kappa shape index (κ1) is 13.6. The molecule has 1 aromatic carbocycles. The van der Waals surface area contributed by atoms with Crippen LogP contribution in [0.1, 0.15) is 29.6 Å². The molecule has 2 N–H and O–H groups in total. The first-order valence-corrected chi connectivity index (χ1v) is 6.98. The van der Waals surface area contributed by atoms with Gasteiger partial charge >= 0.3 is 5.97 Å². The van der Waals surface area contributed by atoms with Gasteiger partial charge in [0, 0.05) is 24.7 Å². The standard InChI is InChI=1S/C15H16N2O4/c18-13-7-10(8-17(13)12-4-5-12)14(19)16-11-3-1-2-9(6-11)15(20)21/h1-3,6,10,12H,4-5,7-8H2,(H,16,19)(H,20,21). The van der Waals surface area contributed by atoms with Gasteiger partial charge in [0.05, 0.1) is 11.5 Å². The second-order valence-corrected chi connectivity index (χ2v) is 5.55. The van der Waals surface area contributed by atoms with E-state index in [0.29, 0.717) is 18.3 Å². The molecule has 1 saturated heterocycles. The Hall–Kier alpha value is -2.37. The predicted molar refractivity (Wildman–Crippen MR) is 74.9 cm³/mol. The molecule has 0 bridgehead atoms. The molecule has 1 heterocycles. The molecule has 1 unspecified atom stereocenters. The van der Waals surface area contributed by atoms with Crippen LogP contribution >= 0.6 is 0 Å². The van der Waals surface area contributed by atoms with Crippen LogP contribution in [0, 0.1) is 5.92 Å². The second kappa shape index (κ2) is 5.20. The number of carbonyl (C=O) groups excluding carboxylic acids is 2. The average Bonchev–Trinajstić information content (AvgIpc) is 3.22. The van der Waals surface area contributed by atoms with E-state index in [-0.39, 0.29) is 29.7 Å². The zero-order valence-corrected chi connectivity index (χ0v) is 11.4. The van der Waals surface area contributed by atoms with Crippen LogP contribution in [0.5, 0.6) is 0 Å². The third kappa shape index (κ3) is 2.89. The van der Waals surface area contributed by atoms with Gasteiger partial charge in [-0.2, -0.15) is 0 Å². The lowest BCUT2D eigenvalue weighted by Crippen LogP contribution is -2.29. The van der Waals surface area contributed by atoms with Crippen LogP contribution in [0.3, 0.4) is 0 Å². The largest absolute Gasteiger partial charge is 0.478 e. The fourth-order valence-electron chi connectivity index (χ4n) is 2.62. The van der Waals surface area contributed by atoms with Crippen molar-refractivity contribution in [3.63, 3.8) is 0 Å². The third-order valence-corrected chi connectivity index (χ3v) is 3.89. The fraction of sp³-hybridized carbons (Fsp3) is 0.400. The average molecular weight is 288 g/mol. The van der Waals surface area contributed by atoms with Gasteiger partial charge in [-0.15, -0.1) is 0 Å². The van der Waals surface area contributed by atoms with Crippen LogP contribution in [0.4, 0.5) is 5.69 Å². The summed E-state index contributed by atoms with van der Waals surface area (Å²) in [6.45, 7) is 0.466. The van der Waals surface area contributed by atoms with Crippen LogP contribution in [0.25, 0.3) is 0 Å². The predicted octanol–water partition coefficient (Wildman–Crippen LogP) is 1.33. The van der Waals surface area contributed by atoms with E-state index in [1.54, 1.807) is 17.0 Å². The molecule has 6 nitrogen and oxygen atoms in total. The van der Waals surface area contributed by atoms with E-state index in [2.05, 4.69) is 5.32 Å². The summed E-state index contributed by atoms with van der Waals surface area (Å²) in [4.78, 5) is 36.7. The number of hydrogen-bond donors (Lipinski definition) is 2. The molecule has 0 radical (unpaired) electrons. The summed E-state index contributed by atoms with van der Waals surface area (Å²) in [6, 6.07) is 6.42. The molecule has 21 heavy (non-hydrogen) atoms. The van der Waals surface area contributed by atoms with Gasteiger partial charge in [0.25, 0.3) is 0 Å². The Balaban J connectivity index is 1.65. The van der Waals surface area contributed by atoms with Crippen LogP contribution in [0.15, 0.2) is 24.3 Å². The fourth-order valence-corrected chi connectivity index (χ4v) is 2.62. The minimum atomic E-state index is -1.04. The monoisotopic (exact) mass is 288 g/mol. The van der Waals surface area contributed by atoms with Crippen molar-refractivity contribution in [3.8, 4) is 0 Å². The second-order valence-electron chi connectivity index (χ2n) is 5.55. The van der Waals surface area contributed by atoms with Crippen molar-refractivity contribution in [2.75, 3.05) is 11.9 Å². The van der Waals surface area contributed by atoms with Gasteiger partial charge in [-0.05, 0) is 31.0 Å². The molecule has 3 rings (SSSR count). The molecular formula is C15H16N2O4. The highest BCUT2D eigenvalue weighted by Gasteiger charge is 2.41. The zero-order chi connectivity index (χ0) is 15.0. The summed E-state index contributed by atoms with van der Waals surface area (Å²) < 4.78 is 0. The topological polar surface area (TPSA) is 86.7 Å². The maximum Gasteiger partial charge on any atom is 0.335 e. The van der Waals surface area contributed by atoms with Crippen molar-refractivity contribution in [1.29, 1.82) is 0 Å². The minimum Gasteiger partial charge on any atom is -0.478 e. The Morgan fingerprint density at radius 3 is 2.71 bits per heavy atom. The van der Waals surface area contributed by atoms with Crippen molar-refractivity contribution < 1.29 is 19.5 Å². The van der Waals surface area contributed by atoms with E-state index in [0.717, 1.165) is 12.8 Å². The molecule has 1 aliphatic heterocycles. The molecule has 1 saturated carbocycles. The van der Waals surface area contributed by atoms with Crippen molar-refractivity contribution in [3.05, 3.63) is 29.8 Å². The summed E-state index contributed by atoms with van der Waals surface area (Å²) in [5.74, 6) is -1.58. The highest BCUT2D eigenvalue weighted by molar-refractivity contribution is 5.98. The molecule has 2 amide bonds. The first-order valence-electron chi connectivity index (χ1n) is 6.98. The third-order valence-electron chi connectivity index (χ3n) is 3.89. The number of likely N-dealkylation sites (tertiary alicyclic amines) is 1. The number of hydrogen-bond acceptors (Lipinski definition) is 3. The van der Waals surface area contributed by atoms with Crippen molar-refractivity contribution in [2.24, 2.45) is 5.92 Å². The van der Waals surface area contributed by atoms with E-state index in [4.69, 9.17) is 5.11 Å².